The van der Waals surface area contributed by atoms with Gasteiger partial charge in [-0.2, -0.15) is 0 Å². The molecule has 0 saturated heterocycles. The number of carbonyl (C=O) groups excluding carboxylic acids is 1. The maximum absolute atomic E-state index is 11.7. The average Bonchev–Trinajstić information content (AvgIpc) is 2.32. The minimum atomic E-state index is -0.169. The number of carbonyl (C=O) groups is 1. The molecule has 0 aromatic heterocycles. The second-order valence-electron chi connectivity index (χ2n) is 4.02. The Morgan fingerprint density at radius 2 is 2.06 bits per heavy atom. The molecule has 1 rings (SSSR count). The number of aliphatic hydroxyl groups is 1. The van der Waals surface area contributed by atoms with Gasteiger partial charge in [0.15, 0.2) is 0 Å². The van der Waals surface area contributed by atoms with Gasteiger partial charge in [-0.15, -0.1) is 0 Å². The maximum atomic E-state index is 11.7. The molecule has 0 heterocycles. The third-order valence-electron chi connectivity index (χ3n) is 2.49. The molecule has 2 N–H and O–H groups in total. The second kappa shape index (κ2) is 7.04. The van der Waals surface area contributed by atoms with E-state index in [0.29, 0.717) is 13.0 Å². The van der Waals surface area contributed by atoms with Crippen molar-refractivity contribution in [2.24, 2.45) is 5.92 Å². The van der Waals surface area contributed by atoms with Crippen LogP contribution in [0.1, 0.15) is 12.5 Å². The molecule has 0 aliphatic carbocycles. The van der Waals surface area contributed by atoms with E-state index in [0.717, 1.165) is 11.3 Å². The number of anilines is 1. The van der Waals surface area contributed by atoms with Gasteiger partial charge in [-0.3, -0.25) is 4.79 Å². The summed E-state index contributed by atoms with van der Waals surface area (Å²) >= 11 is 0. The number of aliphatic hydroxyl groups excluding tert-OH is 1. The molecule has 1 atom stereocenters. The third kappa shape index (κ3) is 4.54. The molecule has 17 heavy (non-hydrogen) atoms. The fourth-order valence-corrected chi connectivity index (χ4v) is 1.47. The van der Waals surface area contributed by atoms with E-state index in [9.17, 15) is 4.79 Å². The molecule has 0 bridgehead atoms. The van der Waals surface area contributed by atoms with Gasteiger partial charge in [0.2, 0.25) is 5.91 Å². The normalized spacial score (nSPS) is 12.2. The summed E-state index contributed by atoms with van der Waals surface area (Å²) in [4.78, 5) is 11.7. The van der Waals surface area contributed by atoms with Gasteiger partial charge in [0.1, 0.15) is 0 Å². The zero-order valence-electron chi connectivity index (χ0n) is 10.3. The first kappa shape index (κ1) is 13.7. The summed E-state index contributed by atoms with van der Waals surface area (Å²) < 4.78 is 4.92. The highest BCUT2D eigenvalue weighted by molar-refractivity contribution is 5.92. The number of ether oxygens (including phenoxy) is 1. The number of nitrogens with one attached hydrogen (secondary N) is 1. The van der Waals surface area contributed by atoms with Crippen molar-refractivity contribution in [1.29, 1.82) is 0 Å². The van der Waals surface area contributed by atoms with Crippen LogP contribution < -0.4 is 5.32 Å². The fourth-order valence-electron chi connectivity index (χ4n) is 1.47. The van der Waals surface area contributed by atoms with Crippen LogP contribution in [0.5, 0.6) is 0 Å². The van der Waals surface area contributed by atoms with Crippen molar-refractivity contribution in [3.8, 4) is 0 Å². The minimum absolute atomic E-state index is 0.0539. The fraction of sp³-hybridized carbons (Fsp3) is 0.462. The van der Waals surface area contributed by atoms with Crippen molar-refractivity contribution in [2.45, 2.75) is 13.3 Å². The van der Waals surface area contributed by atoms with Crippen molar-refractivity contribution in [2.75, 3.05) is 25.6 Å². The number of amides is 1. The Labute approximate surface area is 102 Å². The molecule has 1 amide bonds. The van der Waals surface area contributed by atoms with Crippen molar-refractivity contribution < 1.29 is 14.6 Å². The van der Waals surface area contributed by atoms with Gasteiger partial charge >= 0.3 is 0 Å². The van der Waals surface area contributed by atoms with E-state index in [1.807, 2.05) is 31.2 Å². The van der Waals surface area contributed by atoms with Gasteiger partial charge in [-0.05, 0) is 24.1 Å². The quantitative estimate of drug-likeness (QED) is 0.787. The smallest absolute Gasteiger partial charge is 0.229 e. The summed E-state index contributed by atoms with van der Waals surface area (Å²) in [5.41, 5.74) is 1.81. The molecule has 94 valence electrons. The van der Waals surface area contributed by atoms with Crippen LogP contribution in [0.25, 0.3) is 0 Å². The molecule has 1 unspecified atom stereocenters. The van der Waals surface area contributed by atoms with Crippen molar-refractivity contribution >= 4 is 11.6 Å². The van der Waals surface area contributed by atoms with Gasteiger partial charge in [0, 0.05) is 19.4 Å². The number of methoxy groups -OCH3 is 1. The topological polar surface area (TPSA) is 58.6 Å². The van der Waals surface area contributed by atoms with E-state index in [1.165, 1.54) is 0 Å². The van der Waals surface area contributed by atoms with Crippen LogP contribution in [-0.2, 0) is 16.0 Å². The van der Waals surface area contributed by atoms with Gasteiger partial charge in [0.05, 0.1) is 12.5 Å². The molecule has 4 heteroatoms. The third-order valence-corrected chi connectivity index (χ3v) is 2.49. The summed E-state index contributed by atoms with van der Waals surface area (Å²) in [5, 5.41) is 11.6. The average molecular weight is 237 g/mol. The largest absolute Gasteiger partial charge is 0.396 e. The van der Waals surface area contributed by atoms with Gasteiger partial charge in [0.25, 0.3) is 0 Å². The van der Waals surface area contributed by atoms with E-state index in [-0.39, 0.29) is 18.4 Å². The predicted octanol–water partition coefficient (Wildman–Crippen LogP) is 1.44. The Balaban J connectivity index is 2.53. The van der Waals surface area contributed by atoms with E-state index in [1.54, 1.807) is 7.11 Å². The van der Waals surface area contributed by atoms with Gasteiger partial charge in [-0.25, -0.2) is 0 Å². The summed E-state index contributed by atoms with van der Waals surface area (Å²) in [6.45, 7) is 2.37. The molecule has 0 aliphatic rings. The summed E-state index contributed by atoms with van der Waals surface area (Å²) in [6, 6.07) is 7.46. The molecule has 0 fully saturated rings. The lowest BCUT2D eigenvalue weighted by Gasteiger charge is -2.11. The molecule has 4 nitrogen and oxygen atoms in total. The van der Waals surface area contributed by atoms with Crippen LogP contribution in [0, 0.1) is 5.92 Å². The zero-order chi connectivity index (χ0) is 12.7. The SMILES string of the molecule is COCC(C)C(=O)Nc1ccc(CCO)cc1. The number of hydrogen-bond donors (Lipinski definition) is 2. The van der Waals surface area contributed by atoms with Crippen LogP contribution in [0.4, 0.5) is 5.69 Å². The van der Waals surface area contributed by atoms with Crippen molar-refractivity contribution in [3.05, 3.63) is 29.8 Å². The summed E-state index contributed by atoms with van der Waals surface area (Å²) in [5.74, 6) is -0.223. The Morgan fingerprint density at radius 3 is 2.59 bits per heavy atom. The predicted molar refractivity (Wildman–Crippen MR) is 66.9 cm³/mol. The molecular formula is C13H19NO3. The van der Waals surface area contributed by atoms with Crippen LogP contribution in [0.2, 0.25) is 0 Å². The van der Waals surface area contributed by atoms with Crippen molar-refractivity contribution in [3.63, 3.8) is 0 Å². The van der Waals surface area contributed by atoms with Crippen LogP contribution >= 0.6 is 0 Å². The van der Waals surface area contributed by atoms with Crippen molar-refractivity contribution in [1.82, 2.24) is 0 Å². The highest BCUT2D eigenvalue weighted by atomic mass is 16.5. The molecule has 1 aromatic rings. The van der Waals surface area contributed by atoms with Crippen LogP contribution in [0.15, 0.2) is 24.3 Å². The monoisotopic (exact) mass is 237 g/mol. The Bertz CT molecular complexity index is 348. The van der Waals surface area contributed by atoms with E-state index in [4.69, 9.17) is 9.84 Å². The summed E-state index contributed by atoms with van der Waals surface area (Å²) in [6.07, 6.45) is 0.633. The molecule has 0 saturated carbocycles. The Hall–Kier alpha value is -1.39. The first-order chi connectivity index (χ1) is 8.17. The number of rotatable bonds is 6. The van der Waals surface area contributed by atoms with Crippen LogP contribution in [-0.4, -0.2) is 31.3 Å². The molecule has 1 aromatic carbocycles. The lowest BCUT2D eigenvalue weighted by molar-refractivity contribution is -0.120. The highest BCUT2D eigenvalue weighted by Crippen LogP contribution is 2.11. The first-order valence-electron chi connectivity index (χ1n) is 5.67. The Kier molecular flexibility index (Phi) is 5.66. The molecule has 0 aliphatic heterocycles. The van der Waals surface area contributed by atoms with Gasteiger partial charge in [-0.1, -0.05) is 19.1 Å². The lowest BCUT2D eigenvalue weighted by atomic mass is 10.1. The second-order valence-corrected chi connectivity index (χ2v) is 4.02. The highest BCUT2D eigenvalue weighted by Gasteiger charge is 2.12. The zero-order valence-corrected chi connectivity index (χ0v) is 10.3. The van der Waals surface area contributed by atoms with E-state index >= 15 is 0 Å². The number of benzene rings is 1. The van der Waals surface area contributed by atoms with E-state index < -0.39 is 0 Å². The molecule has 0 spiro atoms. The molecular weight excluding hydrogens is 218 g/mol. The van der Waals surface area contributed by atoms with E-state index in [2.05, 4.69) is 5.32 Å². The van der Waals surface area contributed by atoms with Crippen LogP contribution in [0.3, 0.4) is 0 Å². The lowest BCUT2D eigenvalue weighted by Crippen LogP contribution is -2.23. The summed E-state index contributed by atoms with van der Waals surface area (Å²) in [7, 11) is 1.58. The minimum Gasteiger partial charge on any atom is -0.396 e. The standard InChI is InChI=1S/C13H19NO3/c1-10(9-17-2)13(16)14-12-5-3-11(4-6-12)7-8-15/h3-6,10,15H,7-9H2,1-2H3,(H,14,16). The Morgan fingerprint density at radius 1 is 1.41 bits per heavy atom. The molecule has 0 radical (unpaired) electrons. The number of hydrogen-bond acceptors (Lipinski definition) is 3. The maximum Gasteiger partial charge on any atom is 0.229 e. The van der Waals surface area contributed by atoms with Gasteiger partial charge < -0.3 is 15.2 Å². The first-order valence-corrected chi connectivity index (χ1v) is 5.67.